The lowest BCUT2D eigenvalue weighted by molar-refractivity contribution is -0.192. The second kappa shape index (κ2) is 14.5. The van der Waals surface area contributed by atoms with E-state index < -0.39 is 30.6 Å². The summed E-state index contributed by atoms with van der Waals surface area (Å²) in [5.41, 5.74) is 14.5. The summed E-state index contributed by atoms with van der Waals surface area (Å²) in [6.07, 6.45) is -5.08. The highest BCUT2D eigenvalue weighted by atomic mass is 32.1. The third-order valence-electron chi connectivity index (χ3n) is 5.09. The molecule has 0 spiro atoms. The summed E-state index contributed by atoms with van der Waals surface area (Å²) in [6.45, 7) is 1.89. The molecule has 10 nitrogen and oxygen atoms in total. The van der Waals surface area contributed by atoms with E-state index in [1.807, 2.05) is 31.2 Å². The number of nitrogens with zero attached hydrogens (tertiary/aromatic N) is 2. The van der Waals surface area contributed by atoms with Crippen molar-refractivity contribution >= 4 is 51.0 Å². The van der Waals surface area contributed by atoms with Crippen LogP contribution in [-0.2, 0) is 16.1 Å². The second-order valence-electron chi connectivity index (χ2n) is 8.13. The number of nitrogens with two attached hydrogens (primary N) is 2. The zero-order valence-corrected chi connectivity index (χ0v) is 22.3. The summed E-state index contributed by atoms with van der Waals surface area (Å²) < 4.78 is 32.7. The van der Waals surface area contributed by atoms with Gasteiger partial charge in [0.25, 0.3) is 11.8 Å². The molecular weight excluding hydrogens is 565 g/mol. The first-order valence-electron chi connectivity index (χ1n) is 11.6. The molecule has 0 fully saturated rings. The van der Waals surface area contributed by atoms with Gasteiger partial charge in [0.05, 0.1) is 10.2 Å². The topological polar surface area (TPSA) is 177 Å². The molecular formula is C27H25F3N4O6S. The zero-order valence-electron chi connectivity index (χ0n) is 21.5. The number of benzene rings is 3. The Hall–Kier alpha value is -4.82. The van der Waals surface area contributed by atoms with E-state index >= 15 is 0 Å². The minimum absolute atomic E-state index is 0.328. The molecule has 2 amide bonds. The number of para-hydroxylation sites is 1. The van der Waals surface area contributed by atoms with Gasteiger partial charge in [0.2, 0.25) is 0 Å². The maximum atomic E-state index is 12.5. The maximum Gasteiger partial charge on any atom is 0.490 e. The second-order valence-corrected chi connectivity index (χ2v) is 9.16. The van der Waals surface area contributed by atoms with Gasteiger partial charge in [0.15, 0.2) is 5.01 Å². The Kier molecular flexibility index (Phi) is 11.5. The lowest BCUT2D eigenvalue weighted by atomic mass is 10.1. The summed E-state index contributed by atoms with van der Waals surface area (Å²) in [5.74, 6) is -4.64. The largest absolute Gasteiger partial charge is 0.490 e. The fraction of sp³-hybridized carbons (Fsp3) is 0.148. The number of carbonyl (C=O) groups is 4. The molecule has 14 heteroatoms. The summed E-state index contributed by atoms with van der Waals surface area (Å²) in [5, 5.41) is 16.6. The number of rotatable bonds is 6. The van der Waals surface area contributed by atoms with Crippen molar-refractivity contribution in [1.29, 1.82) is 0 Å². The number of amides is 2. The SMILES string of the molecule is Cc1cccc2sc(C(N)=O)nc12.NCc1cccc(N(CC(=O)O)C(=O)c2ccccc2)c1.O=C(O)C(F)(F)F. The number of aryl methyl sites for hydroxylation is 1. The Balaban J connectivity index is 0.000000249. The van der Waals surface area contributed by atoms with Crippen LogP contribution in [0.25, 0.3) is 10.2 Å². The first kappa shape index (κ1) is 32.4. The van der Waals surface area contributed by atoms with Gasteiger partial charge < -0.3 is 21.7 Å². The van der Waals surface area contributed by atoms with Crippen molar-refractivity contribution in [3.63, 3.8) is 0 Å². The third kappa shape index (κ3) is 9.70. The number of alkyl halides is 3. The van der Waals surface area contributed by atoms with Crippen LogP contribution in [0.1, 0.15) is 31.3 Å². The first-order chi connectivity index (χ1) is 19.2. The van der Waals surface area contributed by atoms with Crippen LogP contribution in [0, 0.1) is 6.92 Å². The van der Waals surface area contributed by atoms with Gasteiger partial charge in [-0.1, -0.05) is 42.5 Å². The van der Waals surface area contributed by atoms with Crippen LogP contribution < -0.4 is 16.4 Å². The molecule has 0 bridgehead atoms. The van der Waals surface area contributed by atoms with Crippen LogP contribution in [-0.4, -0.2) is 51.7 Å². The van der Waals surface area contributed by atoms with E-state index in [0.717, 1.165) is 21.3 Å². The number of aromatic nitrogens is 1. The number of primary amides is 1. The number of anilines is 1. The molecule has 0 saturated carbocycles. The zero-order chi connectivity index (χ0) is 30.7. The first-order valence-corrected chi connectivity index (χ1v) is 12.4. The molecule has 0 aliphatic heterocycles. The van der Waals surface area contributed by atoms with Gasteiger partial charge in [-0.3, -0.25) is 19.3 Å². The summed E-state index contributed by atoms with van der Waals surface area (Å²) >= 11 is 1.33. The van der Waals surface area contributed by atoms with Crippen molar-refractivity contribution in [2.24, 2.45) is 11.5 Å². The third-order valence-corrected chi connectivity index (χ3v) is 6.13. The smallest absolute Gasteiger partial charge is 0.480 e. The molecule has 4 aromatic rings. The highest BCUT2D eigenvalue weighted by Gasteiger charge is 2.38. The predicted octanol–water partition coefficient (Wildman–Crippen LogP) is 4.21. The van der Waals surface area contributed by atoms with Crippen LogP contribution in [0.4, 0.5) is 18.9 Å². The summed E-state index contributed by atoms with van der Waals surface area (Å²) in [6, 6.07) is 21.4. The van der Waals surface area contributed by atoms with E-state index in [9.17, 15) is 27.6 Å². The molecule has 0 saturated heterocycles. The number of carbonyl (C=O) groups excluding carboxylic acids is 2. The Morgan fingerprint density at radius 3 is 2.07 bits per heavy atom. The van der Waals surface area contributed by atoms with Gasteiger partial charge in [-0.2, -0.15) is 13.2 Å². The Morgan fingerprint density at radius 2 is 1.56 bits per heavy atom. The van der Waals surface area contributed by atoms with Crippen LogP contribution in [0.5, 0.6) is 0 Å². The van der Waals surface area contributed by atoms with Crippen molar-refractivity contribution in [3.05, 3.63) is 94.5 Å². The number of thiazole rings is 1. The molecule has 4 rings (SSSR count). The van der Waals surface area contributed by atoms with Crippen molar-refractivity contribution in [2.75, 3.05) is 11.4 Å². The van der Waals surface area contributed by atoms with E-state index in [1.54, 1.807) is 48.5 Å². The van der Waals surface area contributed by atoms with Crippen LogP contribution in [0.15, 0.2) is 72.8 Å². The number of halogens is 3. The lowest BCUT2D eigenvalue weighted by Gasteiger charge is -2.21. The van der Waals surface area contributed by atoms with E-state index in [-0.39, 0.29) is 5.91 Å². The minimum atomic E-state index is -5.08. The molecule has 216 valence electrons. The van der Waals surface area contributed by atoms with Gasteiger partial charge in [-0.05, 0) is 48.4 Å². The normalized spacial score (nSPS) is 10.5. The highest BCUT2D eigenvalue weighted by molar-refractivity contribution is 7.20. The molecule has 0 aliphatic carbocycles. The maximum absolute atomic E-state index is 12.5. The van der Waals surface area contributed by atoms with Crippen molar-refractivity contribution < 1.29 is 42.6 Å². The molecule has 6 N–H and O–H groups in total. The molecule has 0 unspecified atom stereocenters. The predicted molar refractivity (Wildman–Crippen MR) is 147 cm³/mol. The average molecular weight is 591 g/mol. The highest BCUT2D eigenvalue weighted by Crippen LogP contribution is 2.24. The molecule has 1 heterocycles. The molecule has 0 aliphatic rings. The number of hydrogen-bond donors (Lipinski definition) is 4. The number of carboxylic acids is 2. The summed E-state index contributed by atoms with van der Waals surface area (Å²) in [4.78, 5) is 48.7. The van der Waals surface area contributed by atoms with Gasteiger partial charge in [-0.25, -0.2) is 9.78 Å². The molecule has 0 atom stereocenters. The summed E-state index contributed by atoms with van der Waals surface area (Å²) in [7, 11) is 0. The molecule has 1 aromatic heterocycles. The van der Waals surface area contributed by atoms with E-state index in [1.165, 1.54) is 16.2 Å². The quantitative estimate of drug-likeness (QED) is 0.258. The number of hydrogen-bond acceptors (Lipinski definition) is 7. The number of fused-ring (bicyclic) bond motifs is 1. The number of carboxylic acid groups (broad SMARTS) is 2. The molecule has 41 heavy (non-hydrogen) atoms. The Morgan fingerprint density at radius 1 is 0.951 bits per heavy atom. The average Bonchev–Trinajstić information content (AvgIpc) is 3.38. The van der Waals surface area contributed by atoms with E-state index in [0.29, 0.717) is 22.8 Å². The van der Waals surface area contributed by atoms with Gasteiger partial charge >= 0.3 is 18.1 Å². The van der Waals surface area contributed by atoms with Crippen molar-refractivity contribution in [2.45, 2.75) is 19.6 Å². The van der Waals surface area contributed by atoms with E-state index in [2.05, 4.69) is 4.98 Å². The molecule has 0 radical (unpaired) electrons. The fourth-order valence-corrected chi connectivity index (χ4v) is 4.09. The van der Waals surface area contributed by atoms with Gasteiger partial charge in [0.1, 0.15) is 6.54 Å². The van der Waals surface area contributed by atoms with Crippen molar-refractivity contribution in [3.8, 4) is 0 Å². The Bertz CT molecular complexity index is 1530. The number of aliphatic carboxylic acids is 2. The van der Waals surface area contributed by atoms with Crippen LogP contribution >= 0.6 is 11.3 Å². The standard InChI is InChI=1S/C16H16N2O3.C9H8N2OS.C2HF3O2/c17-10-12-5-4-8-14(9-12)18(11-15(19)20)16(21)13-6-2-1-3-7-13;1-5-3-2-4-6-7(5)11-9(13-6)8(10)12;3-2(4,5)1(6)7/h1-9H,10-11,17H2,(H,19,20);2-4H,1H3,(H2,10,12);(H,6,7). The molecule has 3 aromatic carbocycles. The van der Waals surface area contributed by atoms with E-state index in [4.69, 9.17) is 26.5 Å². The minimum Gasteiger partial charge on any atom is -0.480 e. The Labute approximate surface area is 235 Å². The van der Waals surface area contributed by atoms with Crippen LogP contribution in [0.3, 0.4) is 0 Å². The lowest BCUT2D eigenvalue weighted by Crippen LogP contribution is -2.35. The van der Waals surface area contributed by atoms with Gasteiger partial charge in [-0.15, -0.1) is 11.3 Å². The fourth-order valence-electron chi connectivity index (χ4n) is 3.20. The van der Waals surface area contributed by atoms with Gasteiger partial charge in [0, 0.05) is 17.8 Å². The van der Waals surface area contributed by atoms with Crippen molar-refractivity contribution in [1.82, 2.24) is 4.98 Å². The monoisotopic (exact) mass is 590 g/mol. The van der Waals surface area contributed by atoms with Crippen LogP contribution in [0.2, 0.25) is 0 Å².